The van der Waals surface area contributed by atoms with Crippen LogP contribution in [0.15, 0.2) is 82.6 Å². The van der Waals surface area contributed by atoms with E-state index < -0.39 is 48.4 Å². The second kappa shape index (κ2) is 9.40. The molecule has 14 heteroatoms. The quantitative estimate of drug-likeness (QED) is 0.328. The van der Waals surface area contributed by atoms with Gasteiger partial charge in [-0.3, -0.25) is 14.9 Å². The van der Waals surface area contributed by atoms with Crippen LogP contribution in [0.4, 0.5) is 23.2 Å². The van der Waals surface area contributed by atoms with Gasteiger partial charge in [0.05, 0.1) is 15.4 Å². The lowest BCUT2D eigenvalue weighted by atomic mass is 10.2. The molecule has 0 spiro atoms. The molecule has 0 saturated carbocycles. The topological polar surface area (TPSA) is 121 Å². The first kappa shape index (κ1) is 25.1. The van der Waals surface area contributed by atoms with Crippen molar-refractivity contribution in [2.75, 3.05) is 4.72 Å². The van der Waals surface area contributed by atoms with Gasteiger partial charge < -0.3 is 0 Å². The van der Waals surface area contributed by atoms with Gasteiger partial charge in [0.2, 0.25) is 0 Å². The van der Waals surface area contributed by atoms with E-state index in [1.807, 2.05) is 10.1 Å². The van der Waals surface area contributed by atoms with E-state index >= 15 is 0 Å². The molecule has 0 aromatic heterocycles. The predicted octanol–water partition coefficient (Wildman–Crippen LogP) is 3.27. The van der Waals surface area contributed by atoms with Crippen LogP contribution in [0, 0.1) is 5.82 Å². The summed E-state index contributed by atoms with van der Waals surface area (Å²) in [5.74, 6) is -1.69. The predicted molar refractivity (Wildman–Crippen MR) is 113 cm³/mol. The fraction of sp³-hybridized carbons (Fsp3) is 0.0500. The molecule has 0 saturated heterocycles. The number of hydrazine groups is 1. The van der Waals surface area contributed by atoms with Crippen molar-refractivity contribution in [3.63, 3.8) is 0 Å². The Labute approximate surface area is 191 Å². The molecule has 34 heavy (non-hydrogen) atoms. The van der Waals surface area contributed by atoms with E-state index in [0.29, 0.717) is 6.07 Å². The maximum Gasteiger partial charge on any atom is 0.416 e. The van der Waals surface area contributed by atoms with E-state index in [9.17, 15) is 39.2 Å². The highest BCUT2D eigenvalue weighted by Crippen LogP contribution is 2.31. The zero-order chi connectivity index (χ0) is 25.1. The summed E-state index contributed by atoms with van der Waals surface area (Å²) >= 11 is 0. The number of alkyl halides is 3. The van der Waals surface area contributed by atoms with E-state index in [0.717, 1.165) is 54.6 Å². The van der Waals surface area contributed by atoms with Crippen LogP contribution < -0.4 is 15.0 Å². The molecule has 0 aliphatic rings. The first-order valence-corrected chi connectivity index (χ1v) is 12.1. The summed E-state index contributed by atoms with van der Waals surface area (Å²) in [7, 11) is -8.64. The number of amides is 1. The molecule has 3 N–H and O–H groups in total. The minimum absolute atomic E-state index is 0.270. The average Bonchev–Trinajstić information content (AvgIpc) is 2.77. The van der Waals surface area contributed by atoms with E-state index in [1.54, 1.807) is 4.83 Å². The minimum Gasteiger partial charge on any atom is -0.280 e. The molecule has 180 valence electrons. The highest BCUT2D eigenvalue weighted by molar-refractivity contribution is 7.92. The number of sulfonamides is 2. The lowest BCUT2D eigenvalue weighted by Crippen LogP contribution is -2.41. The molecule has 3 aromatic carbocycles. The number of anilines is 1. The Morgan fingerprint density at radius 2 is 1.41 bits per heavy atom. The standard InChI is InChI=1S/C20H15F4N3O5S2/c21-15-7-9-17(10-8-15)34(31,32)27-25-19(28)13-3-1-6-18(11-13)33(29,30)26-16-5-2-4-14(12-16)20(22,23)24/h1-12,26-27H,(H,25,28). The van der Waals surface area contributed by atoms with Crippen molar-refractivity contribution in [3.8, 4) is 0 Å². The van der Waals surface area contributed by atoms with Gasteiger partial charge in [0.25, 0.3) is 26.0 Å². The normalized spacial score (nSPS) is 12.2. The molecular weight excluding hydrogens is 502 g/mol. The second-order valence-electron chi connectivity index (χ2n) is 6.73. The molecule has 0 unspecified atom stereocenters. The highest BCUT2D eigenvalue weighted by Gasteiger charge is 2.30. The Bertz CT molecular complexity index is 1430. The van der Waals surface area contributed by atoms with Gasteiger partial charge in [-0.1, -0.05) is 12.1 Å². The van der Waals surface area contributed by atoms with Crippen molar-refractivity contribution in [2.24, 2.45) is 0 Å². The smallest absolute Gasteiger partial charge is 0.280 e. The third-order valence-corrected chi connectivity index (χ3v) is 6.91. The first-order chi connectivity index (χ1) is 15.8. The van der Waals surface area contributed by atoms with Crippen LogP contribution in [0.1, 0.15) is 15.9 Å². The van der Waals surface area contributed by atoms with Gasteiger partial charge in [-0.25, -0.2) is 21.2 Å². The van der Waals surface area contributed by atoms with Crippen LogP contribution in [0.2, 0.25) is 0 Å². The molecule has 1 amide bonds. The summed E-state index contributed by atoms with van der Waals surface area (Å²) in [6.45, 7) is 0. The molecule has 3 aromatic rings. The van der Waals surface area contributed by atoms with Gasteiger partial charge in [0, 0.05) is 11.3 Å². The lowest BCUT2D eigenvalue weighted by Gasteiger charge is -2.12. The molecule has 0 radical (unpaired) electrons. The van der Waals surface area contributed by atoms with Crippen LogP contribution >= 0.6 is 0 Å². The molecule has 0 atom stereocenters. The van der Waals surface area contributed by atoms with Crippen molar-refractivity contribution < 1.29 is 39.2 Å². The van der Waals surface area contributed by atoms with Crippen molar-refractivity contribution in [3.05, 3.63) is 89.7 Å². The maximum atomic E-state index is 13.0. The molecule has 0 fully saturated rings. The summed E-state index contributed by atoms with van der Waals surface area (Å²) in [5, 5.41) is 0. The third-order valence-electron chi connectivity index (χ3n) is 4.27. The van der Waals surface area contributed by atoms with Gasteiger partial charge in [-0.2, -0.15) is 13.2 Å². The lowest BCUT2D eigenvalue weighted by molar-refractivity contribution is -0.137. The van der Waals surface area contributed by atoms with Crippen molar-refractivity contribution in [1.82, 2.24) is 10.3 Å². The van der Waals surface area contributed by atoms with Gasteiger partial charge in [-0.05, 0) is 60.7 Å². The van der Waals surface area contributed by atoms with Gasteiger partial charge >= 0.3 is 6.18 Å². The van der Waals surface area contributed by atoms with Crippen LogP contribution in [-0.4, -0.2) is 22.7 Å². The number of benzene rings is 3. The zero-order valence-corrected chi connectivity index (χ0v) is 18.4. The second-order valence-corrected chi connectivity index (χ2v) is 10.1. The number of hydrogen-bond donors (Lipinski definition) is 3. The molecule has 8 nitrogen and oxygen atoms in total. The van der Waals surface area contributed by atoms with E-state index in [4.69, 9.17) is 0 Å². The SMILES string of the molecule is O=C(NNS(=O)(=O)c1ccc(F)cc1)c1cccc(S(=O)(=O)Nc2cccc(C(F)(F)F)c2)c1. The minimum atomic E-state index is -4.68. The Morgan fingerprint density at radius 1 is 0.765 bits per heavy atom. The summed E-state index contributed by atoms with van der Waals surface area (Å²) in [4.78, 5) is 13.3. The van der Waals surface area contributed by atoms with Crippen molar-refractivity contribution >= 4 is 31.6 Å². The van der Waals surface area contributed by atoms with Crippen molar-refractivity contribution in [2.45, 2.75) is 16.0 Å². The largest absolute Gasteiger partial charge is 0.416 e. The molecule has 3 rings (SSSR count). The first-order valence-electron chi connectivity index (χ1n) is 9.16. The summed E-state index contributed by atoms with van der Waals surface area (Å²) < 4.78 is 103. The molecule has 0 aliphatic carbocycles. The fourth-order valence-corrected chi connectivity index (χ4v) is 4.57. The summed E-state index contributed by atoms with van der Waals surface area (Å²) in [6, 6.07) is 11.6. The number of rotatable bonds is 7. The van der Waals surface area contributed by atoms with E-state index in [2.05, 4.69) is 0 Å². The van der Waals surface area contributed by atoms with E-state index in [1.165, 1.54) is 12.1 Å². The van der Waals surface area contributed by atoms with Gasteiger partial charge in [-0.15, -0.1) is 4.83 Å². The molecule has 0 heterocycles. The number of nitrogens with one attached hydrogen (secondary N) is 3. The molecular formula is C20H15F4N3O5S2. The van der Waals surface area contributed by atoms with Crippen LogP contribution in [-0.2, 0) is 26.2 Å². The summed E-state index contributed by atoms with van der Waals surface area (Å²) in [5.41, 5.74) is 0.213. The van der Waals surface area contributed by atoms with Crippen molar-refractivity contribution in [1.29, 1.82) is 0 Å². The molecule has 0 aliphatic heterocycles. The third kappa shape index (κ3) is 6.09. The Balaban J connectivity index is 1.76. The Morgan fingerprint density at radius 3 is 2.06 bits per heavy atom. The van der Waals surface area contributed by atoms with Crippen LogP contribution in [0.25, 0.3) is 0 Å². The van der Waals surface area contributed by atoms with Crippen LogP contribution in [0.3, 0.4) is 0 Å². The monoisotopic (exact) mass is 517 g/mol. The maximum absolute atomic E-state index is 13.0. The number of carbonyl (C=O) groups is 1. The highest BCUT2D eigenvalue weighted by atomic mass is 32.2. The number of hydrogen-bond acceptors (Lipinski definition) is 5. The Hall–Kier alpha value is -3.49. The Kier molecular flexibility index (Phi) is 6.95. The summed E-state index contributed by atoms with van der Waals surface area (Å²) in [6.07, 6.45) is -4.68. The number of halogens is 4. The average molecular weight is 517 g/mol. The zero-order valence-electron chi connectivity index (χ0n) is 16.8. The fourth-order valence-electron chi connectivity index (χ4n) is 2.64. The number of carbonyl (C=O) groups excluding carboxylic acids is 1. The van der Waals surface area contributed by atoms with Gasteiger partial charge in [0.1, 0.15) is 5.82 Å². The van der Waals surface area contributed by atoms with E-state index in [-0.39, 0.29) is 16.1 Å². The van der Waals surface area contributed by atoms with Crippen LogP contribution in [0.5, 0.6) is 0 Å². The molecule has 0 bridgehead atoms. The van der Waals surface area contributed by atoms with Gasteiger partial charge in [0.15, 0.2) is 0 Å².